The van der Waals surface area contributed by atoms with E-state index in [4.69, 9.17) is 10.2 Å². The first-order chi connectivity index (χ1) is 14.2. The zero-order valence-electron chi connectivity index (χ0n) is 19.3. The van der Waals surface area contributed by atoms with Gasteiger partial charge < -0.3 is 51.9 Å². The predicted octanol–water partition coefficient (Wildman–Crippen LogP) is -7.64. The van der Waals surface area contributed by atoms with Gasteiger partial charge in [0.2, 0.25) is 0 Å². The van der Waals surface area contributed by atoms with Crippen LogP contribution in [0.4, 0.5) is 0 Å². The molecular formula is C18H38CuN4O12. The SMILES string of the molecule is O.O.O.O.O=C([O-])CN1CCCN(CC(=O)O)CCN(CC(=O)[O-])CCCN(CC(=O)O)CC1.[Cu+2]. The van der Waals surface area contributed by atoms with Crippen LogP contribution >= 0.6 is 0 Å². The van der Waals surface area contributed by atoms with Crippen molar-refractivity contribution in [1.82, 2.24) is 19.6 Å². The molecule has 0 amide bonds. The topological polar surface area (TPSA) is 294 Å². The van der Waals surface area contributed by atoms with Crippen LogP contribution in [0.1, 0.15) is 12.8 Å². The number of carboxylic acid groups (broad SMARTS) is 4. The Balaban J connectivity index is -0.000000600. The van der Waals surface area contributed by atoms with Crippen LogP contribution in [0.5, 0.6) is 0 Å². The van der Waals surface area contributed by atoms with Gasteiger partial charge in [-0.25, -0.2) is 0 Å². The molecule has 0 spiro atoms. The number of carboxylic acids is 4. The minimum absolute atomic E-state index is 0. The third-order valence-electron chi connectivity index (χ3n) is 4.79. The molecule has 0 aromatic rings. The van der Waals surface area contributed by atoms with Crippen LogP contribution in [0, 0.1) is 0 Å². The standard InChI is InChI=1S/C18H32N4O8.Cu.4H2O/c23-15(24)11-19-3-1-4-20(12-16(25)26)8-10-22(14-18(29)30)6-2-5-21(9-7-19)13-17(27)28;;;;;/h1-14H2,(H,23,24)(H,25,26)(H,27,28)(H,29,30);;4*1H2/q;+2;;;;/p-2. The Morgan fingerprint density at radius 3 is 0.943 bits per heavy atom. The van der Waals surface area contributed by atoms with Gasteiger partial charge in [-0.3, -0.25) is 29.2 Å². The first-order valence-electron chi connectivity index (χ1n) is 9.88. The summed E-state index contributed by atoms with van der Waals surface area (Å²) in [7, 11) is 0. The summed E-state index contributed by atoms with van der Waals surface area (Å²) in [5.41, 5.74) is 0. The molecule has 17 heteroatoms. The average Bonchev–Trinajstić information content (AvgIpc) is 2.60. The summed E-state index contributed by atoms with van der Waals surface area (Å²) in [6, 6.07) is 0. The summed E-state index contributed by atoms with van der Waals surface area (Å²) in [6.45, 7) is 1.88. The van der Waals surface area contributed by atoms with Gasteiger partial charge in [-0.2, -0.15) is 0 Å². The van der Waals surface area contributed by atoms with Crippen LogP contribution in [-0.2, 0) is 36.2 Å². The first kappa shape index (κ1) is 43.2. The van der Waals surface area contributed by atoms with Gasteiger partial charge in [0.15, 0.2) is 0 Å². The van der Waals surface area contributed by atoms with Gasteiger partial charge in [-0.15, -0.1) is 0 Å². The number of hydrogen-bond acceptors (Lipinski definition) is 10. The number of nitrogens with zero attached hydrogens (tertiary/aromatic N) is 4. The van der Waals surface area contributed by atoms with Gasteiger partial charge in [-0.05, 0) is 25.9 Å². The van der Waals surface area contributed by atoms with Crippen LogP contribution in [0.15, 0.2) is 0 Å². The molecule has 1 heterocycles. The molecule has 1 fully saturated rings. The third kappa shape index (κ3) is 22.3. The van der Waals surface area contributed by atoms with E-state index >= 15 is 0 Å². The maximum absolute atomic E-state index is 11.1. The van der Waals surface area contributed by atoms with Crippen LogP contribution in [0.25, 0.3) is 0 Å². The fourth-order valence-corrected chi connectivity index (χ4v) is 3.43. The molecule has 1 rings (SSSR count). The minimum atomic E-state index is -1.23. The molecule has 0 atom stereocenters. The number of carbonyl (C=O) groups is 4. The Hall–Kier alpha value is -1.92. The molecule has 1 aliphatic heterocycles. The summed E-state index contributed by atoms with van der Waals surface area (Å²) >= 11 is 0. The molecule has 0 aromatic heterocycles. The van der Waals surface area contributed by atoms with Gasteiger partial charge in [0.25, 0.3) is 0 Å². The van der Waals surface area contributed by atoms with Crippen molar-refractivity contribution >= 4 is 23.9 Å². The van der Waals surface area contributed by atoms with E-state index in [2.05, 4.69) is 0 Å². The van der Waals surface area contributed by atoms with E-state index in [1.807, 2.05) is 0 Å². The Morgan fingerprint density at radius 2 is 0.743 bits per heavy atom. The fraction of sp³-hybridized carbons (Fsp3) is 0.778. The van der Waals surface area contributed by atoms with Crippen LogP contribution in [0.3, 0.4) is 0 Å². The summed E-state index contributed by atoms with van der Waals surface area (Å²) < 4.78 is 0. The molecule has 10 N–H and O–H groups in total. The largest absolute Gasteiger partial charge is 2.00 e. The Labute approximate surface area is 213 Å². The predicted molar refractivity (Wildman–Crippen MR) is 115 cm³/mol. The summed E-state index contributed by atoms with van der Waals surface area (Å²) in [6.07, 6.45) is 1.000. The number of carbonyl (C=O) groups excluding carboxylic acids is 2. The zero-order chi connectivity index (χ0) is 22.5. The smallest absolute Gasteiger partial charge is 0.549 e. The molecule has 0 aromatic carbocycles. The van der Waals surface area contributed by atoms with Gasteiger partial charge in [0.1, 0.15) is 0 Å². The van der Waals surface area contributed by atoms with E-state index in [-0.39, 0.29) is 65.2 Å². The quantitative estimate of drug-likeness (QED) is 0.259. The first-order valence-corrected chi connectivity index (χ1v) is 9.88. The second-order valence-electron chi connectivity index (χ2n) is 7.34. The Kier molecular flexibility index (Phi) is 29.4. The van der Waals surface area contributed by atoms with E-state index in [0.717, 1.165) is 0 Å². The normalized spacial score (nSPS) is 16.9. The fourth-order valence-electron chi connectivity index (χ4n) is 3.43. The molecule has 0 aliphatic carbocycles. The Bertz CT molecular complexity index is 504. The number of hydrogen-bond donors (Lipinski definition) is 2. The van der Waals surface area contributed by atoms with E-state index in [9.17, 15) is 29.4 Å². The molecule has 16 nitrogen and oxygen atoms in total. The summed E-state index contributed by atoms with van der Waals surface area (Å²) in [4.78, 5) is 51.0. The zero-order valence-corrected chi connectivity index (χ0v) is 20.3. The van der Waals surface area contributed by atoms with Gasteiger partial charge in [0.05, 0.1) is 25.0 Å². The van der Waals surface area contributed by atoms with Crippen molar-refractivity contribution in [3.63, 3.8) is 0 Å². The molecular weight excluding hydrogens is 528 g/mol. The van der Waals surface area contributed by atoms with Crippen molar-refractivity contribution in [2.45, 2.75) is 12.8 Å². The van der Waals surface area contributed by atoms with Gasteiger partial charge in [0, 0.05) is 52.4 Å². The van der Waals surface area contributed by atoms with Crippen LogP contribution in [-0.4, -0.2) is 154 Å². The maximum atomic E-state index is 11.1. The van der Waals surface area contributed by atoms with E-state index in [1.54, 1.807) is 19.6 Å². The minimum Gasteiger partial charge on any atom is -0.549 e. The van der Waals surface area contributed by atoms with E-state index in [0.29, 0.717) is 65.2 Å². The number of rotatable bonds is 8. The molecule has 35 heavy (non-hydrogen) atoms. The number of aliphatic carboxylic acids is 4. The van der Waals surface area contributed by atoms with E-state index < -0.39 is 23.9 Å². The molecule has 1 saturated heterocycles. The van der Waals surface area contributed by atoms with Crippen LogP contribution < -0.4 is 10.2 Å². The molecule has 1 radical (unpaired) electrons. The van der Waals surface area contributed by atoms with Crippen molar-refractivity contribution < 1.29 is 78.6 Å². The van der Waals surface area contributed by atoms with E-state index in [1.165, 1.54) is 0 Å². The molecule has 0 saturated carbocycles. The van der Waals surface area contributed by atoms with Crippen molar-refractivity contribution in [2.24, 2.45) is 0 Å². The van der Waals surface area contributed by atoms with Gasteiger partial charge >= 0.3 is 29.0 Å². The van der Waals surface area contributed by atoms with Crippen molar-refractivity contribution in [1.29, 1.82) is 0 Å². The van der Waals surface area contributed by atoms with Crippen LogP contribution in [0.2, 0.25) is 0 Å². The second kappa shape index (κ2) is 23.8. The van der Waals surface area contributed by atoms with Crippen molar-refractivity contribution in [2.75, 3.05) is 78.5 Å². The van der Waals surface area contributed by atoms with Gasteiger partial charge in [-0.1, -0.05) is 0 Å². The summed E-state index contributed by atoms with van der Waals surface area (Å²) in [5, 5.41) is 40.3. The molecule has 0 unspecified atom stereocenters. The van der Waals surface area contributed by atoms with Crippen molar-refractivity contribution in [3.8, 4) is 0 Å². The third-order valence-corrected chi connectivity index (χ3v) is 4.79. The molecule has 213 valence electrons. The maximum Gasteiger partial charge on any atom is 2.00 e. The van der Waals surface area contributed by atoms with Crippen molar-refractivity contribution in [3.05, 3.63) is 0 Å². The molecule has 1 aliphatic rings. The summed E-state index contributed by atoms with van der Waals surface area (Å²) in [5.74, 6) is -4.47. The Morgan fingerprint density at radius 1 is 0.514 bits per heavy atom. The second-order valence-corrected chi connectivity index (χ2v) is 7.34. The average molecular weight is 566 g/mol. The molecule has 0 bridgehead atoms. The monoisotopic (exact) mass is 565 g/mol.